The van der Waals surface area contributed by atoms with Crippen LogP contribution in [0, 0.1) is 0 Å². The smallest absolute Gasteiger partial charge is 0.316 e. The number of rotatable bonds is 3. The van der Waals surface area contributed by atoms with Crippen molar-refractivity contribution in [3.05, 3.63) is 63.1 Å². The van der Waals surface area contributed by atoms with Gasteiger partial charge in [0.2, 0.25) is 0 Å². The van der Waals surface area contributed by atoms with E-state index in [1.807, 2.05) is 0 Å². The zero-order valence-electron chi connectivity index (χ0n) is 11.5. The van der Waals surface area contributed by atoms with Crippen LogP contribution in [0.25, 0.3) is 0 Å². The Balaban J connectivity index is 1.93. The van der Waals surface area contributed by atoms with Crippen LogP contribution in [0.2, 0.25) is 15.1 Å². The summed E-state index contributed by atoms with van der Waals surface area (Å²) in [4.78, 5) is 23.4. The van der Waals surface area contributed by atoms with Gasteiger partial charge in [-0.1, -0.05) is 46.9 Å². The summed E-state index contributed by atoms with van der Waals surface area (Å²) in [5, 5.41) is 7.27. The lowest BCUT2D eigenvalue weighted by Gasteiger charge is -2.06. The molecule has 8 heteroatoms. The summed E-state index contributed by atoms with van der Waals surface area (Å²) in [5.74, 6) is -1.85. The molecule has 0 saturated carbocycles. The van der Waals surface area contributed by atoms with E-state index in [2.05, 4.69) is 15.8 Å². The summed E-state index contributed by atoms with van der Waals surface area (Å²) in [6.07, 6.45) is 1.38. The van der Waals surface area contributed by atoms with Gasteiger partial charge in [0, 0.05) is 10.0 Å². The molecule has 0 heterocycles. The Kier molecular flexibility index (Phi) is 5.98. The molecule has 0 radical (unpaired) electrons. The molecule has 2 rings (SSSR count). The van der Waals surface area contributed by atoms with Crippen LogP contribution in [-0.4, -0.2) is 18.0 Å². The van der Waals surface area contributed by atoms with E-state index in [-0.39, 0.29) is 10.7 Å². The second-order valence-electron chi connectivity index (χ2n) is 4.33. The van der Waals surface area contributed by atoms with Gasteiger partial charge < -0.3 is 5.32 Å². The molecule has 0 aliphatic rings. The monoisotopic (exact) mass is 369 g/mol. The first kappa shape index (κ1) is 17.3. The molecule has 0 aliphatic carbocycles. The van der Waals surface area contributed by atoms with Crippen LogP contribution in [0.5, 0.6) is 0 Å². The maximum Gasteiger partial charge on any atom is 0.329 e. The number of hydrazone groups is 1. The van der Waals surface area contributed by atoms with Crippen molar-refractivity contribution >= 4 is 58.5 Å². The molecule has 2 N–H and O–H groups in total. The number of amides is 2. The molecular formula is C15H10Cl3N3O2. The number of nitrogens with one attached hydrogen (secondary N) is 2. The minimum absolute atomic E-state index is 0.237. The zero-order chi connectivity index (χ0) is 16.8. The van der Waals surface area contributed by atoms with Crippen LogP contribution in [0.1, 0.15) is 5.56 Å². The van der Waals surface area contributed by atoms with Gasteiger partial charge in [0.25, 0.3) is 0 Å². The molecule has 118 valence electrons. The van der Waals surface area contributed by atoms with Crippen molar-refractivity contribution in [3.8, 4) is 0 Å². The molecule has 0 bridgehead atoms. The molecule has 0 atom stereocenters. The maximum atomic E-state index is 11.7. The fourth-order valence-corrected chi connectivity index (χ4v) is 2.00. The predicted octanol–water partition coefficient (Wildman–Crippen LogP) is 3.74. The van der Waals surface area contributed by atoms with Gasteiger partial charge in [-0.25, -0.2) is 5.43 Å². The molecule has 2 aromatic carbocycles. The van der Waals surface area contributed by atoms with Gasteiger partial charge in [-0.2, -0.15) is 5.10 Å². The molecule has 2 aromatic rings. The zero-order valence-corrected chi connectivity index (χ0v) is 13.8. The molecule has 0 fully saturated rings. The van der Waals surface area contributed by atoms with Crippen molar-refractivity contribution in [2.24, 2.45) is 5.10 Å². The minimum atomic E-state index is -0.939. The Hall–Kier alpha value is -2.08. The third kappa shape index (κ3) is 5.25. The summed E-state index contributed by atoms with van der Waals surface area (Å²) in [6.45, 7) is 0. The quantitative estimate of drug-likeness (QED) is 0.491. The lowest BCUT2D eigenvalue weighted by molar-refractivity contribution is -0.136. The first-order valence-electron chi connectivity index (χ1n) is 6.31. The van der Waals surface area contributed by atoms with E-state index < -0.39 is 11.8 Å². The van der Waals surface area contributed by atoms with Crippen LogP contribution in [-0.2, 0) is 9.59 Å². The average molecular weight is 371 g/mol. The normalized spacial score (nSPS) is 10.6. The first-order chi connectivity index (χ1) is 11.0. The van der Waals surface area contributed by atoms with Gasteiger partial charge >= 0.3 is 11.8 Å². The standard InChI is InChI=1S/C15H10Cl3N3O2/c16-10-3-1-9(2-4-10)8-19-21-15(23)14(22)20-13-7-11(17)5-6-12(13)18/h1-8H,(H,20,22)(H,21,23)/b19-8+. The maximum absolute atomic E-state index is 11.7. The van der Waals surface area contributed by atoms with Gasteiger partial charge in [0.1, 0.15) is 0 Å². The van der Waals surface area contributed by atoms with Crippen LogP contribution in [0.3, 0.4) is 0 Å². The molecule has 5 nitrogen and oxygen atoms in total. The van der Waals surface area contributed by atoms with Crippen molar-refractivity contribution in [1.29, 1.82) is 0 Å². The third-order valence-corrected chi connectivity index (χ3v) is 3.45. The van der Waals surface area contributed by atoms with Gasteiger partial charge in [0.15, 0.2) is 0 Å². The second-order valence-corrected chi connectivity index (χ2v) is 5.61. The Bertz CT molecular complexity index is 761. The van der Waals surface area contributed by atoms with Crippen LogP contribution >= 0.6 is 34.8 Å². The number of carbonyl (C=O) groups excluding carboxylic acids is 2. The fraction of sp³-hybridized carbons (Fsp3) is 0. The fourth-order valence-electron chi connectivity index (χ4n) is 1.54. The lowest BCUT2D eigenvalue weighted by atomic mass is 10.2. The number of hydrogen-bond acceptors (Lipinski definition) is 3. The van der Waals surface area contributed by atoms with Crippen LogP contribution < -0.4 is 10.7 Å². The van der Waals surface area contributed by atoms with Crippen molar-refractivity contribution in [1.82, 2.24) is 5.43 Å². The SMILES string of the molecule is O=C(N/N=C/c1ccc(Cl)cc1)C(=O)Nc1cc(Cl)ccc1Cl. The largest absolute Gasteiger partial charge is 0.329 e. The van der Waals surface area contributed by atoms with E-state index >= 15 is 0 Å². The highest BCUT2D eigenvalue weighted by Gasteiger charge is 2.14. The molecule has 0 aromatic heterocycles. The van der Waals surface area contributed by atoms with E-state index in [4.69, 9.17) is 34.8 Å². The van der Waals surface area contributed by atoms with Gasteiger partial charge in [-0.3, -0.25) is 9.59 Å². The molecule has 0 spiro atoms. The van der Waals surface area contributed by atoms with Crippen molar-refractivity contribution in [2.75, 3.05) is 5.32 Å². The predicted molar refractivity (Wildman–Crippen MR) is 92.3 cm³/mol. The Labute approximate surface area is 147 Å². The van der Waals surface area contributed by atoms with E-state index in [1.165, 1.54) is 18.3 Å². The third-order valence-electron chi connectivity index (χ3n) is 2.63. The van der Waals surface area contributed by atoms with E-state index in [1.54, 1.807) is 30.3 Å². The summed E-state index contributed by atoms with van der Waals surface area (Å²) < 4.78 is 0. The van der Waals surface area contributed by atoms with Gasteiger partial charge in [-0.05, 0) is 35.9 Å². The highest BCUT2D eigenvalue weighted by molar-refractivity contribution is 6.42. The molecule has 0 saturated heterocycles. The summed E-state index contributed by atoms with van der Waals surface area (Å²) in [7, 11) is 0. The van der Waals surface area contributed by atoms with E-state index in [0.717, 1.165) is 0 Å². The highest BCUT2D eigenvalue weighted by atomic mass is 35.5. The number of hydrogen-bond donors (Lipinski definition) is 2. The van der Waals surface area contributed by atoms with Crippen LogP contribution in [0.15, 0.2) is 47.6 Å². The van der Waals surface area contributed by atoms with Gasteiger partial charge in [-0.15, -0.1) is 0 Å². The summed E-state index contributed by atoms with van der Waals surface area (Å²) in [5.41, 5.74) is 3.06. The molecule has 0 unspecified atom stereocenters. The number of halogens is 3. The Morgan fingerprint density at radius 2 is 1.57 bits per heavy atom. The molecular weight excluding hydrogens is 361 g/mol. The summed E-state index contributed by atoms with van der Waals surface area (Å²) in [6, 6.07) is 11.3. The molecule has 0 aliphatic heterocycles. The number of nitrogens with zero attached hydrogens (tertiary/aromatic N) is 1. The number of benzene rings is 2. The van der Waals surface area contributed by atoms with Crippen molar-refractivity contribution in [3.63, 3.8) is 0 Å². The number of anilines is 1. The first-order valence-corrected chi connectivity index (χ1v) is 7.44. The van der Waals surface area contributed by atoms with Crippen LogP contribution in [0.4, 0.5) is 5.69 Å². The molecule has 2 amide bonds. The molecule has 23 heavy (non-hydrogen) atoms. The highest BCUT2D eigenvalue weighted by Crippen LogP contribution is 2.25. The minimum Gasteiger partial charge on any atom is -0.316 e. The lowest BCUT2D eigenvalue weighted by Crippen LogP contribution is -2.32. The topological polar surface area (TPSA) is 70.6 Å². The Morgan fingerprint density at radius 3 is 2.26 bits per heavy atom. The second kappa shape index (κ2) is 7.97. The van der Waals surface area contributed by atoms with E-state index in [0.29, 0.717) is 15.6 Å². The summed E-state index contributed by atoms with van der Waals surface area (Å²) >= 11 is 17.4. The number of carbonyl (C=O) groups is 2. The Morgan fingerprint density at radius 1 is 0.913 bits per heavy atom. The average Bonchev–Trinajstić information content (AvgIpc) is 2.52. The van der Waals surface area contributed by atoms with E-state index in [9.17, 15) is 9.59 Å². The van der Waals surface area contributed by atoms with Crippen molar-refractivity contribution in [2.45, 2.75) is 0 Å². The van der Waals surface area contributed by atoms with Crippen molar-refractivity contribution < 1.29 is 9.59 Å². The van der Waals surface area contributed by atoms with Gasteiger partial charge in [0.05, 0.1) is 16.9 Å².